The lowest BCUT2D eigenvalue weighted by Crippen LogP contribution is -2.35. The zero-order chi connectivity index (χ0) is 17.7. The summed E-state index contributed by atoms with van der Waals surface area (Å²) in [5.41, 5.74) is 1.22. The summed E-state index contributed by atoms with van der Waals surface area (Å²) in [5.74, 6) is -0.275. The van der Waals surface area contributed by atoms with E-state index in [1.807, 2.05) is 20.8 Å². The molecule has 0 radical (unpaired) electrons. The molecule has 1 rings (SSSR count). The third-order valence-electron chi connectivity index (χ3n) is 2.95. The number of likely N-dealkylation sites (N-methyl/N-ethyl adjacent to an activating group) is 1. The Hall–Kier alpha value is -2.18. The van der Waals surface area contributed by atoms with Gasteiger partial charge in [-0.15, -0.1) is 0 Å². The molecular formula is C16H27FN4O2. The minimum atomic E-state index is -0.405. The van der Waals surface area contributed by atoms with Gasteiger partial charge in [-0.3, -0.25) is 9.80 Å². The van der Waals surface area contributed by atoms with Gasteiger partial charge in [0.15, 0.2) is 0 Å². The van der Waals surface area contributed by atoms with E-state index in [1.165, 1.54) is 6.07 Å². The maximum absolute atomic E-state index is 13.5. The van der Waals surface area contributed by atoms with Crippen LogP contribution in [0.5, 0.6) is 0 Å². The number of carbonyl (C=O) groups excluding carboxylic acids is 1. The van der Waals surface area contributed by atoms with Crippen LogP contribution in [0, 0.1) is 12.7 Å². The largest absolute Gasteiger partial charge is 0.461 e. The number of nitrogens with one attached hydrogen (secondary N) is 1. The van der Waals surface area contributed by atoms with Gasteiger partial charge in [-0.25, -0.2) is 4.39 Å². The predicted octanol–water partition coefficient (Wildman–Crippen LogP) is 3.43. The van der Waals surface area contributed by atoms with Crippen molar-refractivity contribution in [2.75, 3.05) is 32.0 Å². The van der Waals surface area contributed by atoms with Gasteiger partial charge in [0.1, 0.15) is 11.9 Å². The maximum Gasteiger partial charge on any atom is 0.293 e. The van der Waals surface area contributed by atoms with Gasteiger partial charge in [-0.1, -0.05) is 25.1 Å². The Kier molecular flexibility index (Phi) is 11.2. The van der Waals surface area contributed by atoms with Crippen molar-refractivity contribution < 1.29 is 13.9 Å². The molecule has 0 saturated carbocycles. The molecule has 0 aliphatic rings. The molecule has 0 aliphatic heterocycles. The second-order valence-corrected chi connectivity index (χ2v) is 4.49. The molecule has 0 bridgehead atoms. The summed E-state index contributed by atoms with van der Waals surface area (Å²) in [6, 6.07) is 4.88. The zero-order valence-electron chi connectivity index (χ0n) is 14.5. The second kappa shape index (κ2) is 12.4. The molecular weight excluding hydrogens is 299 g/mol. The highest BCUT2D eigenvalue weighted by Gasteiger charge is 2.13. The molecule has 0 aliphatic carbocycles. The number of hydrogen-bond donors (Lipinski definition) is 1. The normalized spacial score (nSPS) is 11.4. The summed E-state index contributed by atoms with van der Waals surface area (Å²) in [5, 5.41) is 12.3. The third kappa shape index (κ3) is 8.13. The Labute approximate surface area is 137 Å². The van der Waals surface area contributed by atoms with Crippen LogP contribution in [0.4, 0.5) is 10.1 Å². The Bertz CT molecular complexity index is 483. The number of ether oxygens (including phenoxy) is 1. The van der Waals surface area contributed by atoms with E-state index in [9.17, 15) is 9.18 Å². The molecule has 1 aromatic rings. The fraction of sp³-hybridized carbons (Fsp3) is 0.562. The van der Waals surface area contributed by atoms with Crippen LogP contribution in [0.2, 0.25) is 0 Å². The van der Waals surface area contributed by atoms with E-state index < -0.39 is 6.10 Å². The first kappa shape index (κ1) is 20.8. The Balaban J connectivity index is 0.00000232. The first-order valence-corrected chi connectivity index (χ1v) is 7.74. The monoisotopic (exact) mass is 326 g/mol. The van der Waals surface area contributed by atoms with Gasteiger partial charge in [0.25, 0.3) is 6.47 Å². The van der Waals surface area contributed by atoms with Gasteiger partial charge in [0.2, 0.25) is 0 Å². The van der Waals surface area contributed by atoms with Crippen LogP contribution in [-0.4, -0.2) is 44.3 Å². The van der Waals surface area contributed by atoms with Crippen LogP contribution in [0.3, 0.4) is 0 Å². The molecule has 0 saturated heterocycles. The van der Waals surface area contributed by atoms with E-state index in [-0.39, 0.29) is 5.82 Å². The Morgan fingerprint density at radius 1 is 1.43 bits per heavy atom. The van der Waals surface area contributed by atoms with Crippen molar-refractivity contribution in [1.82, 2.24) is 5.01 Å². The van der Waals surface area contributed by atoms with Crippen LogP contribution in [0.15, 0.2) is 28.5 Å². The van der Waals surface area contributed by atoms with E-state index in [0.29, 0.717) is 37.4 Å². The first-order valence-electron chi connectivity index (χ1n) is 7.74. The minimum absolute atomic E-state index is 0.275. The lowest BCUT2D eigenvalue weighted by molar-refractivity contribution is -0.133. The van der Waals surface area contributed by atoms with Gasteiger partial charge in [0, 0.05) is 12.2 Å². The molecule has 0 fully saturated rings. The Morgan fingerprint density at radius 3 is 2.65 bits per heavy atom. The minimum Gasteiger partial charge on any atom is -0.461 e. The van der Waals surface area contributed by atoms with E-state index in [4.69, 9.17) is 4.74 Å². The third-order valence-corrected chi connectivity index (χ3v) is 2.95. The van der Waals surface area contributed by atoms with Crippen molar-refractivity contribution in [3.05, 3.63) is 29.6 Å². The fourth-order valence-electron chi connectivity index (χ4n) is 1.76. The smallest absolute Gasteiger partial charge is 0.293 e. The van der Waals surface area contributed by atoms with E-state index in [0.717, 1.165) is 0 Å². The van der Waals surface area contributed by atoms with E-state index in [2.05, 4.69) is 15.7 Å². The van der Waals surface area contributed by atoms with Crippen molar-refractivity contribution in [1.29, 1.82) is 0 Å². The standard InChI is InChI=1S/C14H21FN4O2.C2H6/c1-4-19(18-16-3)9-13(21-10-20)8-17-12-6-5-11(2)14(15)7-12;1-2/h5-7,10,13,17H,4,8-9H2,1-3H3;1-2H3. The molecule has 0 heterocycles. The summed E-state index contributed by atoms with van der Waals surface area (Å²) in [6.45, 7) is 9.45. The molecule has 0 amide bonds. The molecule has 130 valence electrons. The number of nitrogens with zero attached hydrogens (tertiary/aromatic N) is 3. The number of rotatable bonds is 9. The first-order chi connectivity index (χ1) is 11.1. The number of benzene rings is 1. The lowest BCUT2D eigenvalue weighted by Gasteiger charge is -2.22. The van der Waals surface area contributed by atoms with Crippen LogP contribution in [0.25, 0.3) is 0 Å². The number of carbonyl (C=O) groups is 1. The molecule has 1 aromatic carbocycles. The van der Waals surface area contributed by atoms with Gasteiger partial charge < -0.3 is 10.1 Å². The SMILES string of the molecule is CC.CCN(CC(CNc1ccc(C)c(F)c1)OC=O)N=NC. The number of anilines is 1. The quantitative estimate of drug-likeness (QED) is 0.429. The second-order valence-electron chi connectivity index (χ2n) is 4.49. The van der Waals surface area contributed by atoms with E-state index in [1.54, 1.807) is 31.1 Å². The molecule has 1 N–H and O–H groups in total. The van der Waals surface area contributed by atoms with Crippen molar-refractivity contribution in [2.45, 2.75) is 33.8 Å². The van der Waals surface area contributed by atoms with Crippen molar-refractivity contribution >= 4 is 12.2 Å². The highest BCUT2D eigenvalue weighted by molar-refractivity contribution is 5.45. The van der Waals surface area contributed by atoms with Gasteiger partial charge in [0.05, 0.1) is 20.1 Å². The predicted molar refractivity (Wildman–Crippen MR) is 89.9 cm³/mol. The molecule has 23 heavy (non-hydrogen) atoms. The number of hydrogen-bond acceptors (Lipinski definition) is 5. The fourth-order valence-corrected chi connectivity index (χ4v) is 1.76. The van der Waals surface area contributed by atoms with Gasteiger partial charge in [-0.05, 0) is 31.5 Å². The topological polar surface area (TPSA) is 66.3 Å². The summed E-state index contributed by atoms with van der Waals surface area (Å²) in [7, 11) is 1.57. The van der Waals surface area contributed by atoms with Crippen LogP contribution >= 0.6 is 0 Å². The average Bonchev–Trinajstić information content (AvgIpc) is 2.57. The van der Waals surface area contributed by atoms with Crippen molar-refractivity contribution in [3.63, 3.8) is 0 Å². The van der Waals surface area contributed by atoms with Crippen molar-refractivity contribution in [2.24, 2.45) is 10.3 Å². The van der Waals surface area contributed by atoms with Crippen LogP contribution in [0.1, 0.15) is 26.3 Å². The average molecular weight is 326 g/mol. The van der Waals surface area contributed by atoms with Crippen molar-refractivity contribution in [3.8, 4) is 0 Å². The molecule has 6 nitrogen and oxygen atoms in total. The summed E-state index contributed by atoms with van der Waals surface area (Å²) in [6.07, 6.45) is -0.405. The summed E-state index contributed by atoms with van der Waals surface area (Å²) >= 11 is 0. The Morgan fingerprint density at radius 2 is 2.13 bits per heavy atom. The lowest BCUT2D eigenvalue weighted by atomic mass is 10.2. The highest BCUT2D eigenvalue weighted by Crippen LogP contribution is 2.13. The number of halogens is 1. The number of aryl methyl sites for hydroxylation is 1. The summed E-state index contributed by atoms with van der Waals surface area (Å²) < 4.78 is 18.5. The molecule has 0 spiro atoms. The maximum atomic E-state index is 13.5. The molecule has 1 atom stereocenters. The summed E-state index contributed by atoms with van der Waals surface area (Å²) in [4.78, 5) is 10.6. The van der Waals surface area contributed by atoms with E-state index >= 15 is 0 Å². The highest BCUT2D eigenvalue weighted by atomic mass is 19.1. The molecule has 7 heteroatoms. The zero-order valence-corrected chi connectivity index (χ0v) is 14.5. The molecule has 1 unspecified atom stereocenters. The van der Waals surface area contributed by atoms with Crippen LogP contribution in [-0.2, 0) is 9.53 Å². The van der Waals surface area contributed by atoms with Gasteiger partial charge in [-0.2, -0.15) is 5.11 Å². The van der Waals surface area contributed by atoms with Crippen LogP contribution < -0.4 is 5.32 Å². The van der Waals surface area contributed by atoms with Gasteiger partial charge >= 0.3 is 0 Å². The molecule has 0 aromatic heterocycles.